The molecule has 1 atom stereocenters. The lowest BCUT2D eigenvalue weighted by Crippen LogP contribution is -2.42. The van der Waals surface area contributed by atoms with Gasteiger partial charge in [0.05, 0.1) is 6.61 Å². The van der Waals surface area contributed by atoms with E-state index in [2.05, 4.69) is 19.2 Å². The molecule has 14 heavy (non-hydrogen) atoms. The third-order valence-electron chi connectivity index (χ3n) is 2.81. The van der Waals surface area contributed by atoms with E-state index in [1.54, 1.807) is 7.11 Å². The normalized spacial score (nSPS) is 19.7. The van der Waals surface area contributed by atoms with E-state index in [-0.39, 0.29) is 12.0 Å². The molecular formula is C11H23NO2. The Morgan fingerprint density at radius 2 is 2.14 bits per heavy atom. The molecule has 0 aromatic rings. The van der Waals surface area contributed by atoms with Crippen LogP contribution in [0, 0.1) is 11.3 Å². The molecule has 0 amide bonds. The second-order valence-electron chi connectivity index (χ2n) is 5.10. The molecule has 3 nitrogen and oxygen atoms in total. The molecule has 0 saturated heterocycles. The Labute approximate surface area is 86.8 Å². The van der Waals surface area contributed by atoms with Gasteiger partial charge in [-0.3, -0.25) is 0 Å². The van der Waals surface area contributed by atoms with E-state index in [0.29, 0.717) is 6.04 Å². The summed E-state index contributed by atoms with van der Waals surface area (Å²) >= 11 is 0. The van der Waals surface area contributed by atoms with Gasteiger partial charge < -0.3 is 15.2 Å². The van der Waals surface area contributed by atoms with Crippen molar-refractivity contribution in [3.63, 3.8) is 0 Å². The van der Waals surface area contributed by atoms with Gasteiger partial charge in [0.1, 0.15) is 0 Å². The molecule has 1 unspecified atom stereocenters. The zero-order chi connectivity index (χ0) is 10.6. The van der Waals surface area contributed by atoms with Crippen LogP contribution in [0.4, 0.5) is 0 Å². The summed E-state index contributed by atoms with van der Waals surface area (Å²) in [6.45, 7) is 6.00. The molecule has 1 saturated carbocycles. The van der Waals surface area contributed by atoms with Crippen molar-refractivity contribution in [3.8, 4) is 0 Å². The molecule has 1 aliphatic rings. The quantitative estimate of drug-likeness (QED) is 0.646. The van der Waals surface area contributed by atoms with Gasteiger partial charge in [0.2, 0.25) is 0 Å². The second kappa shape index (κ2) is 5.10. The highest BCUT2D eigenvalue weighted by Gasteiger charge is 2.31. The van der Waals surface area contributed by atoms with E-state index in [1.807, 2.05) is 0 Å². The fourth-order valence-electron chi connectivity index (χ4n) is 1.50. The number of methoxy groups -OCH3 is 1. The van der Waals surface area contributed by atoms with Crippen molar-refractivity contribution in [3.05, 3.63) is 0 Å². The van der Waals surface area contributed by atoms with Crippen LogP contribution in [0.2, 0.25) is 0 Å². The average Bonchev–Trinajstić information content (AvgIpc) is 2.95. The van der Waals surface area contributed by atoms with Gasteiger partial charge in [-0.2, -0.15) is 0 Å². The van der Waals surface area contributed by atoms with Crippen LogP contribution in [0.3, 0.4) is 0 Å². The first-order valence-corrected chi connectivity index (χ1v) is 5.42. The maximum Gasteiger partial charge on any atom is 0.0618 e. The summed E-state index contributed by atoms with van der Waals surface area (Å²) in [5.41, 5.74) is -0.0269. The molecule has 1 aliphatic carbocycles. The Balaban J connectivity index is 2.25. The lowest BCUT2D eigenvalue weighted by atomic mass is 9.94. The van der Waals surface area contributed by atoms with E-state index in [0.717, 1.165) is 19.1 Å². The van der Waals surface area contributed by atoms with Crippen molar-refractivity contribution in [1.29, 1.82) is 0 Å². The molecule has 0 radical (unpaired) electrons. The van der Waals surface area contributed by atoms with Gasteiger partial charge >= 0.3 is 0 Å². The first-order chi connectivity index (χ1) is 6.59. The molecule has 2 N–H and O–H groups in total. The molecule has 0 spiro atoms. The Bertz CT molecular complexity index is 167. The third kappa shape index (κ3) is 3.95. The minimum atomic E-state index is -0.0269. The van der Waals surface area contributed by atoms with Crippen LogP contribution in [0.5, 0.6) is 0 Å². The molecular weight excluding hydrogens is 178 g/mol. The molecule has 0 bridgehead atoms. The average molecular weight is 201 g/mol. The SMILES string of the molecule is COCC(NCC(C)(C)CO)C1CC1. The predicted molar refractivity (Wildman–Crippen MR) is 57.3 cm³/mol. The predicted octanol–water partition coefficient (Wildman–Crippen LogP) is 1.02. The Kier molecular flexibility index (Phi) is 4.35. The van der Waals surface area contributed by atoms with E-state index in [9.17, 15) is 0 Å². The number of nitrogens with one attached hydrogen (secondary N) is 1. The molecule has 1 fully saturated rings. The van der Waals surface area contributed by atoms with Crippen LogP contribution >= 0.6 is 0 Å². The van der Waals surface area contributed by atoms with Gasteiger partial charge in [-0.1, -0.05) is 13.8 Å². The maximum atomic E-state index is 9.12. The fourth-order valence-corrected chi connectivity index (χ4v) is 1.50. The summed E-state index contributed by atoms with van der Waals surface area (Å²) in [4.78, 5) is 0. The van der Waals surface area contributed by atoms with Crippen LogP contribution in [0.1, 0.15) is 26.7 Å². The standard InChI is InChI=1S/C11H23NO2/c1-11(2,8-13)7-12-10(6-14-3)9-4-5-9/h9-10,12-13H,4-8H2,1-3H3. The molecule has 0 aromatic carbocycles. The van der Waals surface area contributed by atoms with Crippen molar-refractivity contribution in [1.82, 2.24) is 5.32 Å². The Morgan fingerprint density at radius 3 is 2.57 bits per heavy atom. The van der Waals surface area contributed by atoms with Crippen LogP contribution in [-0.4, -0.2) is 38.0 Å². The van der Waals surface area contributed by atoms with E-state index < -0.39 is 0 Å². The third-order valence-corrected chi connectivity index (χ3v) is 2.81. The number of aliphatic hydroxyl groups excluding tert-OH is 1. The number of hydrogen-bond acceptors (Lipinski definition) is 3. The highest BCUT2D eigenvalue weighted by molar-refractivity contribution is 4.87. The van der Waals surface area contributed by atoms with Crippen LogP contribution in [-0.2, 0) is 4.74 Å². The lowest BCUT2D eigenvalue weighted by molar-refractivity contribution is 0.126. The van der Waals surface area contributed by atoms with Gasteiger partial charge in [-0.05, 0) is 18.8 Å². The molecule has 0 aromatic heterocycles. The van der Waals surface area contributed by atoms with E-state index >= 15 is 0 Å². The van der Waals surface area contributed by atoms with E-state index in [1.165, 1.54) is 12.8 Å². The Morgan fingerprint density at radius 1 is 1.50 bits per heavy atom. The highest BCUT2D eigenvalue weighted by atomic mass is 16.5. The summed E-state index contributed by atoms with van der Waals surface area (Å²) in [6, 6.07) is 0.478. The lowest BCUT2D eigenvalue weighted by Gasteiger charge is -2.26. The number of hydrogen-bond donors (Lipinski definition) is 2. The number of rotatable bonds is 7. The summed E-state index contributed by atoms with van der Waals surface area (Å²) in [7, 11) is 1.74. The van der Waals surface area contributed by atoms with E-state index in [4.69, 9.17) is 9.84 Å². The van der Waals surface area contributed by atoms with Crippen molar-refractivity contribution >= 4 is 0 Å². The first kappa shape index (κ1) is 12.0. The van der Waals surface area contributed by atoms with Gasteiger partial charge in [-0.25, -0.2) is 0 Å². The number of ether oxygens (including phenoxy) is 1. The molecule has 0 heterocycles. The molecule has 1 rings (SSSR count). The summed E-state index contributed by atoms with van der Waals surface area (Å²) < 4.78 is 5.18. The van der Waals surface area contributed by atoms with Gasteiger partial charge in [0.15, 0.2) is 0 Å². The minimum Gasteiger partial charge on any atom is -0.396 e. The zero-order valence-electron chi connectivity index (χ0n) is 9.55. The first-order valence-electron chi connectivity index (χ1n) is 5.42. The van der Waals surface area contributed by atoms with Crippen LogP contribution in [0.15, 0.2) is 0 Å². The van der Waals surface area contributed by atoms with Crippen LogP contribution < -0.4 is 5.32 Å². The summed E-state index contributed by atoms with van der Waals surface area (Å²) in [6.07, 6.45) is 2.64. The van der Waals surface area contributed by atoms with Gasteiger partial charge in [0.25, 0.3) is 0 Å². The van der Waals surface area contributed by atoms with Crippen molar-refractivity contribution in [2.24, 2.45) is 11.3 Å². The monoisotopic (exact) mass is 201 g/mol. The molecule has 0 aliphatic heterocycles. The van der Waals surface area contributed by atoms with Crippen molar-refractivity contribution < 1.29 is 9.84 Å². The van der Waals surface area contributed by atoms with Crippen molar-refractivity contribution in [2.45, 2.75) is 32.7 Å². The largest absolute Gasteiger partial charge is 0.396 e. The molecule has 84 valence electrons. The number of aliphatic hydroxyl groups is 1. The van der Waals surface area contributed by atoms with Gasteiger partial charge in [0, 0.05) is 31.7 Å². The second-order valence-corrected chi connectivity index (χ2v) is 5.10. The Hall–Kier alpha value is -0.120. The van der Waals surface area contributed by atoms with Gasteiger partial charge in [-0.15, -0.1) is 0 Å². The minimum absolute atomic E-state index is 0.0269. The van der Waals surface area contributed by atoms with Crippen LogP contribution in [0.25, 0.3) is 0 Å². The van der Waals surface area contributed by atoms with Crippen molar-refractivity contribution in [2.75, 3.05) is 26.9 Å². The topological polar surface area (TPSA) is 41.5 Å². The smallest absolute Gasteiger partial charge is 0.0618 e. The molecule has 3 heteroatoms. The zero-order valence-corrected chi connectivity index (χ0v) is 9.55. The summed E-state index contributed by atoms with van der Waals surface area (Å²) in [5, 5.41) is 12.6. The summed E-state index contributed by atoms with van der Waals surface area (Å²) in [5.74, 6) is 0.796. The highest BCUT2D eigenvalue weighted by Crippen LogP contribution is 2.33. The fraction of sp³-hybridized carbons (Fsp3) is 1.00. The maximum absolute atomic E-state index is 9.12.